The zero-order chi connectivity index (χ0) is 19.8. The van der Waals surface area contributed by atoms with Crippen molar-refractivity contribution >= 4 is 41.6 Å². The number of carboxylic acids is 1. The lowest BCUT2D eigenvalue weighted by Gasteiger charge is -2.51. The van der Waals surface area contributed by atoms with Crippen LogP contribution in [-0.2, 0) is 24.1 Å². The van der Waals surface area contributed by atoms with Crippen LogP contribution in [0, 0.1) is 0 Å². The second-order valence-corrected chi connectivity index (χ2v) is 6.81. The molecule has 3 aliphatic rings. The quantitative estimate of drug-likeness (QED) is 0.175. The van der Waals surface area contributed by atoms with Crippen molar-refractivity contribution in [1.29, 1.82) is 0 Å². The highest BCUT2D eigenvalue weighted by atomic mass is 32.2. The summed E-state index contributed by atoms with van der Waals surface area (Å²) in [6, 6.07) is -0.979. The van der Waals surface area contributed by atoms with Crippen LogP contribution in [0.15, 0.2) is 34.7 Å². The van der Waals surface area contributed by atoms with Gasteiger partial charge in [0.25, 0.3) is 11.8 Å². The van der Waals surface area contributed by atoms with Gasteiger partial charge in [0.15, 0.2) is 5.37 Å². The monoisotopic (exact) mass is 397 g/mol. The molecule has 144 valence electrons. The Hall–Kier alpha value is -2.74. The van der Waals surface area contributed by atoms with E-state index < -0.39 is 45.2 Å². The van der Waals surface area contributed by atoms with Gasteiger partial charge in [0, 0.05) is 5.75 Å². The van der Waals surface area contributed by atoms with E-state index in [0.717, 1.165) is 6.34 Å². The second-order valence-electron chi connectivity index (χ2n) is 5.66. The molecule has 1 fully saturated rings. The molecule has 4 atom stereocenters. The number of aliphatic imine (C=N–C) groups is 1. The molecule has 2 amide bonds. The molecule has 0 aromatic carbocycles. The van der Waals surface area contributed by atoms with Gasteiger partial charge >= 0.3 is 11.9 Å². The number of hydrogen-bond donors (Lipinski definition) is 4. The summed E-state index contributed by atoms with van der Waals surface area (Å²) in [4.78, 5) is 50.3. The Kier molecular flexibility index (Phi) is 4.77. The average Bonchev–Trinajstić information content (AvgIpc) is 3.09. The van der Waals surface area contributed by atoms with Crippen molar-refractivity contribution in [3.05, 3.63) is 24.6 Å². The van der Waals surface area contributed by atoms with Gasteiger partial charge in [-0.2, -0.15) is 4.48 Å². The number of carbonyl (C=O) groups excluding carboxylic acids is 2. The number of thioether (sulfide) groups is 1. The van der Waals surface area contributed by atoms with Crippen LogP contribution >= 0.6 is 11.8 Å². The van der Waals surface area contributed by atoms with Gasteiger partial charge in [0.2, 0.25) is 17.5 Å². The molecule has 0 radical (unpaired) electrons. The minimum absolute atomic E-state index is 0.0988. The van der Waals surface area contributed by atoms with E-state index in [-0.39, 0.29) is 5.70 Å². The van der Waals surface area contributed by atoms with Crippen LogP contribution in [0.3, 0.4) is 0 Å². The number of carbonyl (C=O) groups is 3. The first-order valence-corrected chi connectivity index (χ1v) is 8.67. The molecule has 0 spiro atoms. The third kappa shape index (κ3) is 2.71. The standard InChI is InChI=1S/C14H16N6O6S/c1-3-20-7(13(23)24)4-5-27-12(20)8(11(20)22)18-10(21)9(19-25-2)14(15)16-6-17-26-14/h3-4,6,8,12H,1,5,15H2,2H3,(H2-,16,17,18,21,23,24)/p+1/t8?,12-,14?,20?/m0/s1. The maximum Gasteiger partial charge on any atom is 0.391 e. The van der Waals surface area contributed by atoms with Crippen LogP contribution < -0.4 is 16.5 Å². The molecule has 13 heteroatoms. The third-order valence-corrected chi connectivity index (χ3v) is 5.62. The summed E-state index contributed by atoms with van der Waals surface area (Å²) in [7, 11) is 1.21. The number of hydroxylamine groups is 1. The summed E-state index contributed by atoms with van der Waals surface area (Å²) in [5.41, 5.74) is 7.62. The first-order chi connectivity index (χ1) is 12.8. The van der Waals surface area contributed by atoms with Gasteiger partial charge in [0.05, 0.1) is 0 Å². The van der Waals surface area contributed by atoms with E-state index in [4.69, 9.17) is 10.6 Å². The topological polar surface area (TPSA) is 165 Å². The highest BCUT2D eigenvalue weighted by Crippen LogP contribution is 2.46. The van der Waals surface area contributed by atoms with Crippen molar-refractivity contribution in [2.24, 2.45) is 15.9 Å². The lowest BCUT2D eigenvalue weighted by atomic mass is 9.99. The third-order valence-electron chi connectivity index (χ3n) is 4.31. The normalized spacial score (nSPS) is 34.7. The molecule has 12 nitrogen and oxygen atoms in total. The minimum Gasteiger partial charge on any atom is -0.474 e. The van der Waals surface area contributed by atoms with E-state index >= 15 is 0 Å². The second kappa shape index (κ2) is 6.77. The number of aliphatic carboxylic acids is 1. The summed E-state index contributed by atoms with van der Waals surface area (Å²) < 4.78 is -0.564. The Bertz CT molecular complexity index is 812. The summed E-state index contributed by atoms with van der Waals surface area (Å²) in [5.74, 6) is -4.16. The number of nitrogens with zero attached hydrogens (tertiary/aromatic N) is 3. The first kappa shape index (κ1) is 19.0. The molecule has 0 aromatic heterocycles. The van der Waals surface area contributed by atoms with Crippen LogP contribution in [0.1, 0.15) is 0 Å². The van der Waals surface area contributed by atoms with Gasteiger partial charge < -0.3 is 15.3 Å². The van der Waals surface area contributed by atoms with E-state index in [2.05, 4.69) is 32.4 Å². The number of fused-ring (bicyclic) bond motifs is 1. The molecular weight excluding hydrogens is 380 g/mol. The largest absolute Gasteiger partial charge is 0.474 e. The van der Waals surface area contributed by atoms with E-state index in [9.17, 15) is 19.5 Å². The molecule has 5 N–H and O–H groups in total. The Morgan fingerprint density at radius 2 is 2.44 bits per heavy atom. The summed E-state index contributed by atoms with van der Waals surface area (Å²) in [5, 5.41) is 14.9. The lowest BCUT2D eigenvalue weighted by molar-refractivity contribution is -0.803. The van der Waals surface area contributed by atoms with Crippen LogP contribution in [0.2, 0.25) is 0 Å². The number of oxime groups is 1. The fraction of sp³-hybridized carbons (Fsp3) is 0.357. The number of quaternary nitrogens is 1. The molecule has 1 saturated heterocycles. The van der Waals surface area contributed by atoms with Crippen LogP contribution in [0.25, 0.3) is 0 Å². The fourth-order valence-electron chi connectivity index (χ4n) is 3.09. The summed E-state index contributed by atoms with van der Waals surface area (Å²) >= 11 is 1.32. The van der Waals surface area contributed by atoms with Crippen molar-refractivity contribution in [1.82, 2.24) is 10.8 Å². The Labute approximate surface area is 157 Å². The molecule has 3 aliphatic heterocycles. The van der Waals surface area contributed by atoms with Crippen molar-refractivity contribution in [3.8, 4) is 0 Å². The zero-order valence-electron chi connectivity index (χ0n) is 14.1. The number of amides is 2. The molecular formula is C14H17N6O6S+. The number of carboxylic acid groups (broad SMARTS) is 1. The maximum atomic E-state index is 12.8. The van der Waals surface area contributed by atoms with Gasteiger partial charge in [-0.15, -0.1) is 0 Å². The number of nitrogens with two attached hydrogens (primary N) is 1. The van der Waals surface area contributed by atoms with Gasteiger partial charge in [0.1, 0.15) is 19.6 Å². The van der Waals surface area contributed by atoms with Gasteiger partial charge in [-0.1, -0.05) is 16.9 Å². The van der Waals surface area contributed by atoms with Crippen LogP contribution in [0.4, 0.5) is 0 Å². The van der Waals surface area contributed by atoms with Gasteiger partial charge in [-0.05, 0) is 12.7 Å². The van der Waals surface area contributed by atoms with E-state index in [1.165, 1.54) is 31.1 Å². The van der Waals surface area contributed by atoms with Crippen molar-refractivity contribution in [2.45, 2.75) is 17.3 Å². The van der Waals surface area contributed by atoms with Gasteiger partial charge in [-0.25, -0.2) is 19.4 Å². The summed E-state index contributed by atoms with van der Waals surface area (Å²) in [6.45, 7) is 3.60. The average molecular weight is 397 g/mol. The fourth-order valence-corrected chi connectivity index (χ4v) is 4.46. The minimum atomic E-state index is -1.93. The van der Waals surface area contributed by atoms with Crippen molar-refractivity contribution < 1.29 is 33.6 Å². The predicted octanol–water partition coefficient (Wildman–Crippen LogP) is -1.81. The Balaban J connectivity index is 1.84. The Morgan fingerprint density at radius 1 is 1.70 bits per heavy atom. The first-order valence-electron chi connectivity index (χ1n) is 7.62. The van der Waals surface area contributed by atoms with Crippen molar-refractivity contribution in [2.75, 3.05) is 12.9 Å². The van der Waals surface area contributed by atoms with Crippen LogP contribution in [-0.4, -0.2) is 69.6 Å². The van der Waals surface area contributed by atoms with Crippen LogP contribution in [0.5, 0.6) is 0 Å². The number of β-lactam (4-membered cyclic amide) rings is 1. The number of rotatable bonds is 6. The smallest absolute Gasteiger partial charge is 0.391 e. The molecule has 3 unspecified atom stereocenters. The molecule has 0 saturated carbocycles. The van der Waals surface area contributed by atoms with E-state index in [1.54, 1.807) is 0 Å². The SMILES string of the molecule is C=C[N+]12C(=O)C(NC(=O)C(=NOC)C3(N)N=CNO3)[C@@H]1SCC=C2C(=O)O. The van der Waals surface area contributed by atoms with E-state index in [1.807, 2.05) is 0 Å². The molecule has 0 bridgehead atoms. The molecule has 3 heterocycles. The molecule has 0 aromatic rings. The van der Waals surface area contributed by atoms with Gasteiger partial charge in [-0.3, -0.25) is 16.0 Å². The molecule has 3 rings (SSSR count). The summed E-state index contributed by atoms with van der Waals surface area (Å²) in [6.07, 6.45) is 3.85. The molecule has 0 aliphatic carbocycles. The number of hydrogen-bond acceptors (Lipinski definition) is 10. The maximum absolute atomic E-state index is 12.8. The van der Waals surface area contributed by atoms with E-state index in [0.29, 0.717) is 5.75 Å². The highest BCUT2D eigenvalue weighted by molar-refractivity contribution is 8.00. The highest BCUT2D eigenvalue weighted by Gasteiger charge is 2.68. The predicted molar refractivity (Wildman–Crippen MR) is 93.4 cm³/mol. The molecule has 27 heavy (non-hydrogen) atoms. The Morgan fingerprint density at radius 3 is 3.00 bits per heavy atom. The number of nitrogens with one attached hydrogen (secondary N) is 2. The van der Waals surface area contributed by atoms with Crippen molar-refractivity contribution in [3.63, 3.8) is 0 Å². The zero-order valence-corrected chi connectivity index (χ0v) is 14.9. The lowest BCUT2D eigenvalue weighted by Crippen LogP contribution is -2.79.